The van der Waals surface area contributed by atoms with E-state index in [1.807, 2.05) is 0 Å². The predicted octanol–water partition coefficient (Wildman–Crippen LogP) is 1.72. The summed E-state index contributed by atoms with van der Waals surface area (Å²) in [7, 11) is 0. The van der Waals surface area contributed by atoms with Crippen molar-refractivity contribution in [3.05, 3.63) is 40.5 Å². The number of carboxylic acids is 1. The standard InChI is InChI=1S/C16H14O6/c1-7-13-10(5-8(22-7)6-12(18)19)15(20)9-3-2-4-11(17)14(9)16(13)21/h2-4,7-8,17H,5-6H2,1H3,(H,18,19)/t7-,8?/m0/s1. The van der Waals surface area contributed by atoms with E-state index in [0.29, 0.717) is 5.57 Å². The largest absolute Gasteiger partial charge is 0.507 e. The number of carboxylic acid groups (broad SMARTS) is 1. The van der Waals surface area contributed by atoms with Crippen molar-refractivity contribution in [2.45, 2.75) is 32.0 Å². The summed E-state index contributed by atoms with van der Waals surface area (Å²) in [5.74, 6) is -2.02. The van der Waals surface area contributed by atoms with Crippen LogP contribution in [0.1, 0.15) is 40.5 Å². The number of phenols is 1. The van der Waals surface area contributed by atoms with Gasteiger partial charge in [0.15, 0.2) is 11.6 Å². The van der Waals surface area contributed by atoms with Crippen LogP contribution in [0.3, 0.4) is 0 Å². The number of ether oxygens (including phenoxy) is 1. The molecule has 0 aromatic heterocycles. The van der Waals surface area contributed by atoms with Gasteiger partial charge in [0.05, 0.1) is 24.2 Å². The van der Waals surface area contributed by atoms with Gasteiger partial charge in [-0.15, -0.1) is 0 Å². The van der Waals surface area contributed by atoms with Gasteiger partial charge in [-0.2, -0.15) is 0 Å². The summed E-state index contributed by atoms with van der Waals surface area (Å²) >= 11 is 0. The van der Waals surface area contributed by atoms with E-state index in [-0.39, 0.29) is 41.1 Å². The van der Waals surface area contributed by atoms with E-state index in [4.69, 9.17) is 9.84 Å². The molecule has 0 radical (unpaired) electrons. The van der Waals surface area contributed by atoms with Crippen molar-refractivity contribution in [3.8, 4) is 5.75 Å². The van der Waals surface area contributed by atoms with Gasteiger partial charge < -0.3 is 14.9 Å². The number of Topliss-reactive ketones (excluding diaryl/α,β-unsaturated/α-hetero) is 2. The predicted molar refractivity (Wildman–Crippen MR) is 75.0 cm³/mol. The van der Waals surface area contributed by atoms with Crippen molar-refractivity contribution < 1.29 is 29.3 Å². The molecule has 2 atom stereocenters. The van der Waals surface area contributed by atoms with Crippen LogP contribution in [0.4, 0.5) is 0 Å². The molecule has 3 rings (SSSR count). The van der Waals surface area contributed by atoms with Crippen molar-refractivity contribution in [3.63, 3.8) is 0 Å². The van der Waals surface area contributed by atoms with Gasteiger partial charge >= 0.3 is 5.97 Å². The van der Waals surface area contributed by atoms with E-state index in [9.17, 15) is 19.5 Å². The molecule has 22 heavy (non-hydrogen) atoms. The molecule has 0 saturated carbocycles. The molecule has 0 bridgehead atoms. The minimum Gasteiger partial charge on any atom is -0.507 e. The first-order chi connectivity index (χ1) is 10.4. The van der Waals surface area contributed by atoms with Crippen molar-refractivity contribution in [2.24, 2.45) is 0 Å². The van der Waals surface area contributed by atoms with E-state index in [2.05, 4.69) is 0 Å². The van der Waals surface area contributed by atoms with Crippen molar-refractivity contribution in [2.75, 3.05) is 0 Å². The highest BCUT2D eigenvalue weighted by atomic mass is 16.5. The summed E-state index contributed by atoms with van der Waals surface area (Å²) in [6.45, 7) is 1.61. The second-order valence-electron chi connectivity index (χ2n) is 5.45. The zero-order valence-electron chi connectivity index (χ0n) is 11.8. The quantitative estimate of drug-likeness (QED) is 0.862. The van der Waals surface area contributed by atoms with Crippen LogP contribution in [-0.4, -0.2) is 40.0 Å². The molecular weight excluding hydrogens is 288 g/mol. The number of benzene rings is 1. The molecule has 114 valence electrons. The summed E-state index contributed by atoms with van der Waals surface area (Å²) < 4.78 is 5.55. The number of carbonyl (C=O) groups excluding carboxylic acids is 2. The Morgan fingerprint density at radius 2 is 2.05 bits per heavy atom. The fourth-order valence-corrected chi connectivity index (χ4v) is 3.10. The third kappa shape index (κ3) is 2.12. The summed E-state index contributed by atoms with van der Waals surface area (Å²) in [5, 5.41) is 18.8. The summed E-state index contributed by atoms with van der Waals surface area (Å²) in [6.07, 6.45) is -1.46. The minimum absolute atomic E-state index is 0.00150. The molecule has 0 fully saturated rings. The van der Waals surface area contributed by atoms with E-state index < -0.39 is 24.0 Å². The molecule has 1 aliphatic heterocycles. The number of rotatable bonds is 2. The van der Waals surface area contributed by atoms with E-state index >= 15 is 0 Å². The Hall–Kier alpha value is -2.47. The number of ketones is 2. The lowest BCUT2D eigenvalue weighted by molar-refractivity contribution is -0.141. The molecule has 0 amide bonds. The molecule has 1 unspecified atom stereocenters. The maximum Gasteiger partial charge on any atom is 0.305 e. The van der Waals surface area contributed by atoms with Gasteiger partial charge in [-0.1, -0.05) is 12.1 Å². The number of aliphatic carboxylic acids is 1. The van der Waals surface area contributed by atoms with Crippen LogP contribution in [0.25, 0.3) is 0 Å². The van der Waals surface area contributed by atoms with Gasteiger partial charge in [-0.3, -0.25) is 14.4 Å². The van der Waals surface area contributed by atoms with E-state index in [1.165, 1.54) is 18.2 Å². The lowest BCUT2D eigenvalue weighted by atomic mass is 9.78. The topological polar surface area (TPSA) is 101 Å². The molecule has 0 saturated heterocycles. The Morgan fingerprint density at radius 1 is 1.32 bits per heavy atom. The normalized spacial score (nSPS) is 24.0. The van der Waals surface area contributed by atoms with Gasteiger partial charge in [0.2, 0.25) is 0 Å². The van der Waals surface area contributed by atoms with Crippen LogP contribution in [0.15, 0.2) is 29.3 Å². The van der Waals surface area contributed by atoms with Gasteiger partial charge in [0.25, 0.3) is 0 Å². The Kier molecular flexibility index (Phi) is 3.33. The zero-order valence-corrected chi connectivity index (χ0v) is 11.8. The Labute approximate surface area is 126 Å². The van der Waals surface area contributed by atoms with Crippen LogP contribution >= 0.6 is 0 Å². The molecule has 0 spiro atoms. The van der Waals surface area contributed by atoms with Gasteiger partial charge in [0.1, 0.15) is 5.75 Å². The van der Waals surface area contributed by atoms with E-state index in [1.54, 1.807) is 6.92 Å². The molecular formula is C16H14O6. The van der Waals surface area contributed by atoms with Gasteiger partial charge in [-0.25, -0.2) is 0 Å². The van der Waals surface area contributed by atoms with Gasteiger partial charge in [-0.05, 0) is 13.0 Å². The van der Waals surface area contributed by atoms with Crippen LogP contribution in [0, 0.1) is 0 Å². The third-order valence-corrected chi connectivity index (χ3v) is 4.00. The fourth-order valence-electron chi connectivity index (χ4n) is 3.10. The average molecular weight is 302 g/mol. The van der Waals surface area contributed by atoms with Crippen molar-refractivity contribution in [1.29, 1.82) is 0 Å². The second-order valence-corrected chi connectivity index (χ2v) is 5.45. The van der Waals surface area contributed by atoms with Crippen LogP contribution < -0.4 is 0 Å². The highest BCUT2D eigenvalue weighted by molar-refractivity contribution is 6.28. The third-order valence-electron chi connectivity index (χ3n) is 4.00. The highest BCUT2D eigenvalue weighted by Gasteiger charge is 2.41. The molecule has 1 heterocycles. The number of carbonyl (C=O) groups is 3. The average Bonchev–Trinajstić information content (AvgIpc) is 2.43. The number of phenolic OH excluding ortho intramolecular Hbond substituents is 1. The summed E-state index contributed by atoms with van der Waals surface area (Å²) in [4.78, 5) is 36.0. The first-order valence-electron chi connectivity index (χ1n) is 6.91. The fraction of sp³-hybridized carbons (Fsp3) is 0.312. The molecule has 2 aliphatic rings. The number of aromatic hydroxyl groups is 1. The van der Waals surface area contributed by atoms with Crippen LogP contribution in [-0.2, 0) is 9.53 Å². The molecule has 1 aromatic rings. The Bertz CT molecular complexity index is 730. The molecule has 6 nitrogen and oxygen atoms in total. The first kappa shape index (κ1) is 14.5. The lowest BCUT2D eigenvalue weighted by Crippen LogP contribution is -2.38. The number of fused-ring (bicyclic) bond motifs is 1. The van der Waals surface area contributed by atoms with Crippen molar-refractivity contribution >= 4 is 17.5 Å². The molecule has 2 N–H and O–H groups in total. The SMILES string of the molecule is C[C@@H]1OC(CC(=O)O)CC2=C1C(=O)c1c(O)cccc1C2=O. The molecule has 6 heteroatoms. The number of hydrogen-bond acceptors (Lipinski definition) is 5. The molecule has 1 aliphatic carbocycles. The second kappa shape index (κ2) is 5.06. The smallest absolute Gasteiger partial charge is 0.305 e. The first-order valence-corrected chi connectivity index (χ1v) is 6.91. The van der Waals surface area contributed by atoms with Crippen LogP contribution in [0.2, 0.25) is 0 Å². The van der Waals surface area contributed by atoms with Crippen LogP contribution in [0.5, 0.6) is 5.75 Å². The Balaban J connectivity index is 2.08. The minimum atomic E-state index is -1.02. The monoisotopic (exact) mass is 302 g/mol. The van der Waals surface area contributed by atoms with E-state index in [0.717, 1.165) is 0 Å². The zero-order chi connectivity index (χ0) is 16.0. The Morgan fingerprint density at radius 3 is 2.73 bits per heavy atom. The lowest BCUT2D eigenvalue weighted by Gasteiger charge is -2.33. The highest BCUT2D eigenvalue weighted by Crippen LogP contribution is 2.39. The summed E-state index contributed by atoms with van der Waals surface area (Å²) in [5.41, 5.74) is 0.680. The maximum absolute atomic E-state index is 12.6. The maximum atomic E-state index is 12.6. The van der Waals surface area contributed by atoms with Crippen molar-refractivity contribution in [1.82, 2.24) is 0 Å². The summed E-state index contributed by atoms with van der Waals surface area (Å²) in [6, 6.07) is 4.35. The van der Waals surface area contributed by atoms with Gasteiger partial charge in [0, 0.05) is 23.1 Å². The number of hydrogen-bond donors (Lipinski definition) is 2. The molecule has 1 aromatic carbocycles.